The van der Waals surface area contributed by atoms with Crippen LogP contribution in [-0.4, -0.2) is 41.1 Å². The smallest absolute Gasteiger partial charge is 0.160 e. The fourth-order valence-corrected chi connectivity index (χ4v) is 2.27. The highest BCUT2D eigenvalue weighted by atomic mass is 16.5. The Hall–Kier alpha value is -2.53. The van der Waals surface area contributed by atoms with Crippen molar-refractivity contribution in [2.45, 2.75) is 26.7 Å². The lowest BCUT2D eigenvalue weighted by Gasteiger charge is -2.16. The molecule has 27 heavy (non-hydrogen) atoms. The van der Waals surface area contributed by atoms with Gasteiger partial charge in [0.25, 0.3) is 0 Å². The fourth-order valence-electron chi connectivity index (χ4n) is 2.27. The number of nitrogens with two attached hydrogens (primary N) is 1. The van der Waals surface area contributed by atoms with Gasteiger partial charge in [-0.25, -0.2) is 0 Å². The van der Waals surface area contributed by atoms with Crippen molar-refractivity contribution in [2.75, 3.05) is 39.8 Å². The van der Waals surface area contributed by atoms with Crippen LogP contribution in [0, 0.1) is 0 Å². The quantitative estimate of drug-likeness (QED) is 0.748. The lowest BCUT2D eigenvalue weighted by molar-refractivity contribution is -0.107. The van der Waals surface area contributed by atoms with Gasteiger partial charge in [0.2, 0.25) is 0 Å². The maximum absolute atomic E-state index is 10.2. The number of carbonyl (C=O) groups is 1. The number of benzene rings is 2. The third-order valence-electron chi connectivity index (χ3n) is 4.03. The fraction of sp³-hybridized carbons (Fsp3) is 0.409. The molecular formula is C22H34N2O3. The number of aryl methyl sites for hydroxylation is 1. The largest absolute Gasteiger partial charge is 0.493 e. The number of methoxy groups -OCH3 is 2. The monoisotopic (exact) mass is 374 g/mol. The first-order valence-electron chi connectivity index (χ1n) is 9.11. The van der Waals surface area contributed by atoms with Gasteiger partial charge in [0, 0.05) is 25.7 Å². The van der Waals surface area contributed by atoms with Crippen molar-refractivity contribution >= 4 is 12.0 Å². The van der Waals surface area contributed by atoms with E-state index in [1.54, 1.807) is 14.2 Å². The van der Waals surface area contributed by atoms with Gasteiger partial charge in [-0.2, -0.15) is 0 Å². The normalized spacial score (nSPS) is 9.15. The minimum atomic E-state index is 0.510. The molecule has 150 valence electrons. The molecule has 0 saturated heterocycles. The van der Waals surface area contributed by atoms with Gasteiger partial charge in [-0.05, 0) is 55.8 Å². The molecule has 0 aliphatic heterocycles. The first-order valence-corrected chi connectivity index (χ1v) is 9.11. The van der Waals surface area contributed by atoms with Gasteiger partial charge in [-0.3, -0.25) is 0 Å². The third kappa shape index (κ3) is 8.60. The topological polar surface area (TPSA) is 64.8 Å². The zero-order chi connectivity index (χ0) is 20.7. The number of hydrogen-bond donors (Lipinski definition) is 1. The van der Waals surface area contributed by atoms with E-state index < -0.39 is 0 Å². The molecule has 2 rings (SSSR count). The van der Waals surface area contributed by atoms with E-state index in [9.17, 15) is 4.79 Å². The van der Waals surface area contributed by atoms with Crippen LogP contribution in [0.4, 0.5) is 5.69 Å². The minimum absolute atomic E-state index is 0.510. The molecule has 0 aromatic heterocycles. The summed E-state index contributed by atoms with van der Waals surface area (Å²) in [4.78, 5) is 12.4. The van der Waals surface area contributed by atoms with Crippen molar-refractivity contribution in [1.82, 2.24) is 0 Å². The molecule has 0 aliphatic carbocycles. The zero-order valence-corrected chi connectivity index (χ0v) is 17.5. The predicted molar refractivity (Wildman–Crippen MR) is 114 cm³/mol. The van der Waals surface area contributed by atoms with Crippen LogP contribution in [0.25, 0.3) is 0 Å². The molecule has 0 aliphatic rings. The Morgan fingerprint density at radius 2 is 1.48 bits per heavy atom. The first kappa shape index (κ1) is 24.5. The average Bonchev–Trinajstić information content (AvgIpc) is 2.75. The van der Waals surface area contributed by atoms with E-state index in [0.29, 0.717) is 6.42 Å². The average molecular weight is 375 g/mol. The van der Waals surface area contributed by atoms with Crippen molar-refractivity contribution in [3.63, 3.8) is 0 Å². The van der Waals surface area contributed by atoms with E-state index in [4.69, 9.17) is 9.47 Å². The van der Waals surface area contributed by atoms with E-state index in [1.807, 2.05) is 42.5 Å². The molecule has 0 amide bonds. The zero-order valence-electron chi connectivity index (χ0n) is 17.5. The number of rotatable bonds is 7. The van der Waals surface area contributed by atoms with E-state index in [2.05, 4.69) is 31.5 Å². The van der Waals surface area contributed by atoms with Crippen LogP contribution < -0.4 is 20.1 Å². The van der Waals surface area contributed by atoms with Crippen LogP contribution >= 0.6 is 0 Å². The second kappa shape index (κ2) is 14.6. The summed E-state index contributed by atoms with van der Waals surface area (Å²) in [7, 11) is 6.84. The van der Waals surface area contributed by atoms with Crippen LogP contribution in [0.3, 0.4) is 0 Å². The SMILES string of the molecule is CCN(C)c1ccc(CC=O)cc1.CCc1ccc(OC)c(OC)c1.CN. The Morgan fingerprint density at radius 1 is 0.926 bits per heavy atom. The summed E-state index contributed by atoms with van der Waals surface area (Å²) in [6, 6.07) is 14.0. The molecule has 2 N–H and O–H groups in total. The van der Waals surface area contributed by atoms with Crippen molar-refractivity contribution < 1.29 is 14.3 Å². The molecule has 0 atom stereocenters. The summed E-state index contributed by atoms with van der Waals surface area (Å²) in [6.45, 7) is 5.22. The maximum Gasteiger partial charge on any atom is 0.160 e. The van der Waals surface area contributed by atoms with Crippen molar-refractivity contribution in [3.8, 4) is 11.5 Å². The molecule has 0 fully saturated rings. The Labute approximate surface area is 164 Å². The molecule has 0 saturated carbocycles. The van der Waals surface area contributed by atoms with Crippen LogP contribution in [0.5, 0.6) is 11.5 Å². The molecule has 2 aromatic carbocycles. The highest BCUT2D eigenvalue weighted by Gasteiger charge is 2.02. The van der Waals surface area contributed by atoms with Gasteiger partial charge < -0.3 is 24.9 Å². The molecule has 0 bridgehead atoms. The first-order chi connectivity index (χ1) is 13.1. The van der Waals surface area contributed by atoms with Gasteiger partial charge in [-0.1, -0.05) is 25.1 Å². The molecule has 5 nitrogen and oxygen atoms in total. The number of hydrogen-bond acceptors (Lipinski definition) is 5. The van der Waals surface area contributed by atoms with Crippen molar-refractivity contribution in [3.05, 3.63) is 53.6 Å². The second-order valence-corrected chi connectivity index (χ2v) is 5.59. The summed E-state index contributed by atoms with van der Waals surface area (Å²) in [5.74, 6) is 1.59. The molecule has 2 aromatic rings. The predicted octanol–water partition coefficient (Wildman–Crippen LogP) is 3.73. The number of carbonyl (C=O) groups excluding carboxylic acids is 1. The van der Waals surface area contributed by atoms with Crippen LogP contribution in [0.2, 0.25) is 0 Å². The Morgan fingerprint density at radius 3 is 1.93 bits per heavy atom. The summed E-state index contributed by atoms with van der Waals surface area (Å²) >= 11 is 0. The molecular weight excluding hydrogens is 340 g/mol. The lowest BCUT2D eigenvalue weighted by Crippen LogP contribution is -2.15. The maximum atomic E-state index is 10.2. The number of aldehydes is 1. The molecule has 0 radical (unpaired) electrons. The molecule has 0 spiro atoms. The summed E-state index contributed by atoms with van der Waals surface area (Å²) < 4.78 is 10.3. The van der Waals surface area contributed by atoms with E-state index >= 15 is 0 Å². The summed E-state index contributed by atoms with van der Waals surface area (Å²) in [5, 5.41) is 0. The third-order valence-corrected chi connectivity index (χ3v) is 4.03. The van der Waals surface area contributed by atoms with E-state index in [0.717, 1.165) is 36.3 Å². The Bertz CT molecular complexity index is 643. The Balaban J connectivity index is 0.000000460. The number of anilines is 1. The van der Waals surface area contributed by atoms with Crippen LogP contribution in [0.15, 0.2) is 42.5 Å². The molecule has 5 heteroatoms. The van der Waals surface area contributed by atoms with E-state index in [1.165, 1.54) is 18.3 Å². The standard InChI is InChI=1S/C11H15NO.C10H14O2.CH5N/c1-3-12(2)11-6-4-10(5-7-11)8-9-13;1-4-8-5-6-9(11-2)10(7-8)12-3;1-2/h4-7,9H,3,8H2,1-2H3;5-7H,4H2,1-3H3;2H2,1H3. The van der Waals surface area contributed by atoms with Gasteiger partial charge in [0.15, 0.2) is 11.5 Å². The van der Waals surface area contributed by atoms with Gasteiger partial charge in [-0.15, -0.1) is 0 Å². The highest BCUT2D eigenvalue weighted by Crippen LogP contribution is 2.27. The van der Waals surface area contributed by atoms with Crippen molar-refractivity contribution in [1.29, 1.82) is 0 Å². The number of nitrogens with zero attached hydrogens (tertiary/aromatic N) is 1. The van der Waals surface area contributed by atoms with E-state index in [-0.39, 0.29) is 0 Å². The second-order valence-electron chi connectivity index (χ2n) is 5.59. The van der Waals surface area contributed by atoms with Gasteiger partial charge >= 0.3 is 0 Å². The van der Waals surface area contributed by atoms with Crippen LogP contribution in [0.1, 0.15) is 25.0 Å². The molecule has 0 heterocycles. The summed E-state index contributed by atoms with van der Waals surface area (Å²) in [6.07, 6.45) is 2.45. The summed E-state index contributed by atoms with van der Waals surface area (Å²) in [5.41, 5.74) is 8.02. The minimum Gasteiger partial charge on any atom is -0.493 e. The lowest BCUT2D eigenvalue weighted by atomic mass is 10.1. The highest BCUT2D eigenvalue weighted by molar-refractivity contribution is 5.56. The Kier molecular flexibility index (Phi) is 13.2. The van der Waals surface area contributed by atoms with Crippen LogP contribution in [-0.2, 0) is 17.6 Å². The van der Waals surface area contributed by atoms with Gasteiger partial charge in [0.05, 0.1) is 14.2 Å². The van der Waals surface area contributed by atoms with Gasteiger partial charge in [0.1, 0.15) is 6.29 Å². The number of ether oxygens (including phenoxy) is 2. The molecule has 0 unspecified atom stereocenters. The van der Waals surface area contributed by atoms with Crippen molar-refractivity contribution in [2.24, 2.45) is 5.73 Å².